The van der Waals surface area contributed by atoms with Crippen LogP contribution in [0, 0.1) is 5.92 Å². The number of fused-ring (bicyclic) bond motifs is 2. The van der Waals surface area contributed by atoms with Gasteiger partial charge in [-0.2, -0.15) is 0 Å². The van der Waals surface area contributed by atoms with Crippen molar-refractivity contribution >= 4 is 38.5 Å². The van der Waals surface area contributed by atoms with E-state index < -0.39 is 0 Å². The van der Waals surface area contributed by atoms with Gasteiger partial charge in [-0.3, -0.25) is 4.79 Å². The molecule has 2 fully saturated rings. The van der Waals surface area contributed by atoms with Crippen LogP contribution in [0.5, 0.6) is 5.75 Å². The molecule has 4 N–H and O–H groups in total. The van der Waals surface area contributed by atoms with Crippen LogP contribution in [0.25, 0.3) is 32.8 Å². The lowest BCUT2D eigenvalue weighted by Gasteiger charge is -2.34. The van der Waals surface area contributed by atoms with Crippen molar-refractivity contribution in [2.45, 2.75) is 37.9 Å². The molecule has 4 heterocycles. The number of aromatic nitrogens is 3. The molecule has 1 aliphatic carbocycles. The zero-order valence-electron chi connectivity index (χ0n) is 19.5. The Labute approximate surface area is 202 Å². The van der Waals surface area contributed by atoms with Crippen molar-refractivity contribution in [2.75, 3.05) is 20.2 Å². The zero-order valence-corrected chi connectivity index (χ0v) is 20.3. The van der Waals surface area contributed by atoms with Crippen molar-refractivity contribution in [3.05, 3.63) is 35.2 Å². The van der Waals surface area contributed by atoms with Crippen molar-refractivity contribution in [3.8, 4) is 17.3 Å². The fourth-order valence-electron chi connectivity index (χ4n) is 5.09. The lowest BCUT2D eigenvalue weighted by atomic mass is 10.00. The summed E-state index contributed by atoms with van der Waals surface area (Å²) in [7, 11) is 3.65. The van der Waals surface area contributed by atoms with Crippen molar-refractivity contribution in [1.82, 2.24) is 19.0 Å². The third-order valence-electron chi connectivity index (χ3n) is 7.27. The van der Waals surface area contributed by atoms with Crippen LogP contribution < -0.4 is 16.2 Å². The number of hydrogen-bond acceptors (Lipinski definition) is 6. The minimum Gasteiger partial charge on any atom is -0.494 e. The number of imidazole rings is 1. The third kappa shape index (κ3) is 3.50. The number of amides is 1. The number of benzene rings is 1. The van der Waals surface area contributed by atoms with Gasteiger partial charge in [0.15, 0.2) is 5.82 Å². The molecular weight excluding hydrogens is 448 g/mol. The first-order valence-electron chi connectivity index (χ1n) is 11.9. The van der Waals surface area contributed by atoms with E-state index in [1.54, 1.807) is 23.3 Å². The Bertz CT molecular complexity index is 1400. The van der Waals surface area contributed by atoms with Gasteiger partial charge in [0.05, 0.1) is 18.3 Å². The van der Waals surface area contributed by atoms with Crippen LogP contribution in [-0.4, -0.2) is 57.2 Å². The first kappa shape index (κ1) is 21.6. The molecule has 2 aliphatic rings. The largest absolute Gasteiger partial charge is 0.494 e. The molecule has 34 heavy (non-hydrogen) atoms. The lowest BCUT2D eigenvalue weighted by molar-refractivity contribution is 0.0696. The Hall–Kier alpha value is -2.88. The van der Waals surface area contributed by atoms with Gasteiger partial charge in [0, 0.05) is 49.7 Å². The van der Waals surface area contributed by atoms with E-state index in [0.29, 0.717) is 30.8 Å². The molecule has 2 atom stereocenters. The molecule has 1 unspecified atom stereocenters. The van der Waals surface area contributed by atoms with E-state index in [1.165, 1.54) is 23.1 Å². The number of rotatable bonds is 5. The average molecular weight is 479 g/mol. The van der Waals surface area contributed by atoms with E-state index in [4.69, 9.17) is 21.2 Å². The summed E-state index contributed by atoms with van der Waals surface area (Å²) in [5.74, 6) is 2.21. The predicted octanol–water partition coefficient (Wildman–Crippen LogP) is 3.18. The van der Waals surface area contributed by atoms with Gasteiger partial charge in [-0.25, -0.2) is 4.98 Å². The van der Waals surface area contributed by atoms with Gasteiger partial charge in [0.25, 0.3) is 5.91 Å². The summed E-state index contributed by atoms with van der Waals surface area (Å²) in [4.78, 5) is 21.4. The summed E-state index contributed by atoms with van der Waals surface area (Å²) in [6, 6.07) is 7.81. The summed E-state index contributed by atoms with van der Waals surface area (Å²) in [6.45, 7) is 2.08. The summed E-state index contributed by atoms with van der Waals surface area (Å²) in [6.07, 6.45) is 3.28. The van der Waals surface area contributed by atoms with Crippen molar-refractivity contribution in [1.29, 1.82) is 0 Å². The quantitative estimate of drug-likeness (QED) is 0.458. The zero-order chi connectivity index (χ0) is 23.6. The maximum absolute atomic E-state index is 13.3. The normalized spacial score (nSPS) is 21.0. The standard InChI is InChI=1S/C25H30N6O2S/c1-29-22-19(9-16(11-21(22)33-2)24(32)30-7-5-17(26)18(27)13-30)28-23(29)20-10-15-6-8-34-25(15)31(20)12-14-3-4-14/h6,8-11,14,17-18H,3-5,7,12-13,26-27H2,1-2H3/t17?,18-/m0/s1. The molecule has 1 aliphatic heterocycles. The topological polar surface area (TPSA) is 104 Å². The number of likely N-dealkylation sites (tertiary alicyclic amines) is 1. The van der Waals surface area contributed by atoms with Gasteiger partial charge in [-0.05, 0) is 54.8 Å². The van der Waals surface area contributed by atoms with Gasteiger partial charge >= 0.3 is 0 Å². The van der Waals surface area contributed by atoms with Gasteiger partial charge in [0.1, 0.15) is 16.1 Å². The fourth-order valence-corrected chi connectivity index (χ4v) is 5.99. The Morgan fingerprint density at radius 3 is 2.76 bits per heavy atom. The first-order valence-corrected chi connectivity index (χ1v) is 12.7. The van der Waals surface area contributed by atoms with E-state index >= 15 is 0 Å². The van der Waals surface area contributed by atoms with E-state index in [-0.39, 0.29) is 18.0 Å². The molecule has 4 aromatic rings. The molecule has 8 nitrogen and oxygen atoms in total. The van der Waals surface area contributed by atoms with Crippen LogP contribution >= 0.6 is 11.3 Å². The number of nitrogens with zero attached hydrogens (tertiary/aromatic N) is 4. The number of methoxy groups -OCH3 is 1. The molecule has 0 bridgehead atoms. The Morgan fingerprint density at radius 1 is 1.21 bits per heavy atom. The first-order chi connectivity index (χ1) is 16.4. The molecule has 9 heteroatoms. The van der Waals surface area contributed by atoms with E-state index in [2.05, 4.69) is 26.6 Å². The molecule has 1 aromatic carbocycles. The highest BCUT2D eigenvalue weighted by atomic mass is 32.1. The van der Waals surface area contributed by atoms with Crippen LogP contribution in [-0.2, 0) is 13.6 Å². The number of piperidine rings is 1. The Balaban J connectivity index is 1.44. The van der Waals surface area contributed by atoms with Crippen LogP contribution in [0.3, 0.4) is 0 Å². The Morgan fingerprint density at radius 2 is 2.03 bits per heavy atom. The SMILES string of the molecule is COc1cc(C(=O)N2CCC(N)[C@@H](N)C2)cc2nc(-c3cc4ccsc4n3CC3CC3)n(C)c12. The van der Waals surface area contributed by atoms with Crippen LogP contribution in [0.15, 0.2) is 29.6 Å². The number of thiophene rings is 1. The van der Waals surface area contributed by atoms with E-state index in [0.717, 1.165) is 35.0 Å². The lowest BCUT2D eigenvalue weighted by Crippen LogP contribution is -2.56. The second-order valence-corrected chi connectivity index (χ2v) is 10.6. The van der Waals surface area contributed by atoms with Crippen LogP contribution in [0.2, 0.25) is 0 Å². The Kier molecular flexibility index (Phi) is 5.16. The van der Waals surface area contributed by atoms with Crippen LogP contribution in [0.4, 0.5) is 0 Å². The molecule has 0 radical (unpaired) electrons. The number of aryl methyl sites for hydroxylation is 1. The summed E-state index contributed by atoms with van der Waals surface area (Å²) < 4.78 is 10.2. The molecule has 1 amide bonds. The molecular formula is C25H30N6O2S. The van der Waals surface area contributed by atoms with Gasteiger partial charge in [0.2, 0.25) is 0 Å². The highest BCUT2D eigenvalue weighted by Gasteiger charge is 2.29. The maximum Gasteiger partial charge on any atom is 0.254 e. The van der Waals surface area contributed by atoms with Crippen molar-refractivity contribution < 1.29 is 9.53 Å². The smallest absolute Gasteiger partial charge is 0.254 e. The predicted molar refractivity (Wildman–Crippen MR) is 135 cm³/mol. The van der Waals surface area contributed by atoms with E-state index in [9.17, 15) is 4.79 Å². The van der Waals surface area contributed by atoms with E-state index in [1.807, 2.05) is 19.2 Å². The molecule has 1 saturated heterocycles. The van der Waals surface area contributed by atoms with Gasteiger partial charge in [-0.15, -0.1) is 11.3 Å². The molecule has 0 spiro atoms. The monoisotopic (exact) mass is 478 g/mol. The number of ether oxygens (including phenoxy) is 1. The van der Waals surface area contributed by atoms with Crippen LogP contribution in [0.1, 0.15) is 29.6 Å². The molecule has 3 aromatic heterocycles. The highest BCUT2D eigenvalue weighted by Crippen LogP contribution is 2.39. The minimum absolute atomic E-state index is 0.0626. The third-order valence-corrected chi connectivity index (χ3v) is 8.22. The summed E-state index contributed by atoms with van der Waals surface area (Å²) in [5.41, 5.74) is 15.5. The molecule has 178 valence electrons. The second kappa shape index (κ2) is 8.11. The average Bonchev–Trinajstić information content (AvgIpc) is 3.28. The van der Waals surface area contributed by atoms with Crippen molar-refractivity contribution in [3.63, 3.8) is 0 Å². The number of carbonyl (C=O) groups excluding carboxylic acids is 1. The number of carbonyl (C=O) groups is 1. The highest BCUT2D eigenvalue weighted by molar-refractivity contribution is 7.16. The van der Waals surface area contributed by atoms with Gasteiger partial charge in [-0.1, -0.05) is 0 Å². The fraction of sp³-hybridized carbons (Fsp3) is 0.440. The van der Waals surface area contributed by atoms with Gasteiger partial charge < -0.3 is 30.2 Å². The van der Waals surface area contributed by atoms with Crippen molar-refractivity contribution in [2.24, 2.45) is 24.4 Å². The number of hydrogen-bond donors (Lipinski definition) is 2. The molecule has 6 rings (SSSR count). The maximum atomic E-state index is 13.3. The summed E-state index contributed by atoms with van der Waals surface area (Å²) >= 11 is 1.77. The second-order valence-electron chi connectivity index (χ2n) is 9.67. The summed E-state index contributed by atoms with van der Waals surface area (Å²) in [5, 5.41) is 3.39. The molecule has 1 saturated carbocycles. The minimum atomic E-state index is -0.210. The number of nitrogens with two attached hydrogens (primary N) is 2.